The molecular weight excluding hydrogens is 388 g/mol. The smallest absolute Gasteiger partial charge is 0.314 e. The molecule has 0 saturated carbocycles. The first-order chi connectivity index (χ1) is 12.9. The summed E-state index contributed by atoms with van der Waals surface area (Å²) in [6.45, 7) is 4.19. The number of benzene rings is 1. The molecule has 1 aliphatic rings. The molecule has 3 amide bonds. The molecule has 0 aliphatic carbocycles. The number of halogens is 1. The van der Waals surface area contributed by atoms with Crippen LogP contribution in [0.1, 0.15) is 26.8 Å². The van der Waals surface area contributed by atoms with Gasteiger partial charge in [0, 0.05) is 31.2 Å². The van der Waals surface area contributed by atoms with Gasteiger partial charge in [-0.15, -0.1) is 11.3 Å². The van der Waals surface area contributed by atoms with Crippen molar-refractivity contribution in [2.24, 2.45) is 5.73 Å². The number of nitrogens with two attached hydrogens (primary N) is 1. The molecule has 144 valence electrons. The fourth-order valence-corrected chi connectivity index (χ4v) is 3.94. The normalized spacial score (nSPS) is 14.7. The van der Waals surface area contributed by atoms with E-state index in [9.17, 15) is 9.59 Å². The summed E-state index contributed by atoms with van der Waals surface area (Å²) in [5.74, 6) is 0.633. The van der Waals surface area contributed by atoms with Crippen molar-refractivity contribution in [2.45, 2.75) is 20.0 Å². The van der Waals surface area contributed by atoms with Crippen LogP contribution < -0.4 is 10.5 Å². The van der Waals surface area contributed by atoms with E-state index in [0.717, 1.165) is 5.01 Å². The van der Waals surface area contributed by atoms with Crippen molar-refractivity contribution in [3.63, 3.8) is 0 Å². The molecule has 2 N–H and O–H groups in total. The van der Waals surface area contributed by atoms with Crippen molar-refractivity contribution < 1.29 is 14.3 Å². The van der Waals surface area contributed by atoms with Gasteiger partial charge in [0.25, 0.3) is 5.91 Å². The Labute approximate surface area is 166 Å². The maximum atomic E-state index is 12.9. The van der Waals surface area contributed by atoms with E-state index in [2.05, 4.69) is 4.98 Å². The molecule has 1 fully saturated rings. The number of urea groups is 1. The molecule has 0 radical (unpaired) electrons. The molecule has 0 bridgehead atoms. The first-order valence-corrected chi connectivity index (χ1v) is 9.82. The third-order valence-corrected chi connectivity index (χ3v) is 5.68. The second-order valence-corrected chi connectivity index (χ2v) is 7.76. The Morgan fingerprint density at radius 3 is 2.56 bits per heavy atom. The Morgan fingerprint density at radius 1 is 1.19 bits per heavy atom. The van der Waals surface area contributed by atoms with Crippen LogP contribution in [0.3, 0.4) is 0 Å². The Kier molecular flexibility index (Phi) is 6.18. The van der Waals surface area contributed by atoms with Crippen molar-refractivity contribution in [2.75, 3.05) is 26.2 Å². The number of carbonyl (C=O) groups excluding carboxylic acids is 2. The van der Waals surface area contributed by atoms with E-state index in [1.165, 1.54) is 11.3 Å². The molecule has 1 aromatic heterocycles. The first kappa shape index (κ1) is 19.4. The van der Waals surface area contributed by atoms with Crippen LogP contribution in [-0.4, -0.2) is 52.9 Å². The number of hydrogen-bond donors (Lipinski definition) is 1. The molecule has 27 heavy (non-hydrogen) atoms. The van der Waals surface area contributed by atoms with Crippen molar-refractivity contribution in [1.29, 1.82) is 0 Å². The number of ether oxygens (including phenoxy) is 1. The molecule has 1 saturated heterocycles. The maximum Gasteiger partial charge on any atom is 0.314 e. The highest BCUT2D eigenvalue weighted by Gasteiger charge is 2.25. The largest absolute Gasteiger partial charge is 0.486 e. The molecule has 0 spiro atoms. The molecule has 2 heterocycles. The van der Waals surface area contributed by atoms with Gasteiger partial charge in [0.2, 0.25) is 0 Å². The number of aryl methyl sites for hydroxylation is 1. The predicted molar refractivity (Wildman–Crippen MR) is 104 cm³/mol. The lowest BCUT2D eigenvalue weighted by molar-refractivity contribution is 0.0766. The van der Waals surface area contributed by atoms with Gasteiger partial charge in [-0.25, -0.2) is 9.78 Å². The van der Waals surface area contributed by atoms with Crippen LogP contribution in [0.5, 0.6) is 5.75 Å². The second-order valence-electron chi connectivity index (χ2n) is 6.24. The van der Waals surface area contributed by atoms with Gasteiger partial charge in [-0.2, -0.15) is 0 Å². The zero-order chi connectivity index (χ0) is 19.4. The van der Waals surface area contributed by atoms with Crippen LogP contribution in [0.25, 0.3) is 0 Å². The lowest BCUT2D eigenvalue weighted by Gasteiger charge is -2.20. The van der Waals surface area contributed by atoms with Gasteiger partial charge in [0.1, 0.15) is 22.2 Å². The third-order valence-electron chi connectivity index (χ3n) is 4.31. The average Bonchev–Trinajstić information content (AvgIpc) is 2.85. The average molecular weight is 409 g/mol. The number of primary amides is 1. The third kappa shape index (κ3) is 4.90. The Bertz CT molecular complexity index is 825. The number of rotatable bonds is 4. The topological polar surface area (TPSA) is 88.8 Å². The fraction of sp³-hybridized carbons (Fsp3) is 0.389. The number of hydrogen-bond acceptors (Lipinski definition) is 5. The van der Waals surface area contributed by atoms with Crippen LogP contribution in [0.15, 0.2) is 24.3 Å². The fourth-order valence-electron chi connectivity index (χ4n) is 2.87. The molecule has 1 aliphatic heterocycles. The minimum atomic E-state index is -0.445. The molecule has 9 heteroatoms. The highest BCUT2D eigenvalue weighted by Crippen LogP contribution is 2.23. The second kappa shape index (κ2) is 8.58. The predicted octanol–water partition coefficient (Wildman–Crippen LogP) is 2.91. The first-order valence-electron chi connectivity index (χ1n) is 8.62. The highest BCUT2D eigenvalue weighted by molar-refractivity contribution is 7.13. The van der Waals surface area contributed by atoms with E-state index in [0.29, 0.717) is 53.9 Å². The van der Waals surface area contributed by atoms with Gasteiger partial charge in [-0.1, -0.05) is 11.6 Å². The summed E-state index contributed by atoms with van der Waals surface area (Å²) in [5.41, 5.74) is 6.03. The van der Waals surface area contributed by atoms with Crippen LogP contribution in [-0.2, 0) is 6.61 Å². The number of thiazole rings is 1. The highest BCUT2D eigenvalue weighted by atomic mass is 35.5. The Balaban J connectivity index is 1.63. The van der Waals surface area contributed by atoms with Crippen LogP contribution in [0.4, 0.5) is 4.79 Å². The van der Waals surface area contributed by atoms with Gasteiger partial charge < -0.3 is 20.3 Å². The standard InChI is InChI=1S/C18H21ClN4O3S/c1-12-16(17(24)22-7-2-8-23(10-9-22)18(20)25)27-15(21-12)11-26-14-5-3-13(19)4-6-14/h3-6H,2,7-11H2,1H3,(H2,20,25). The van der Waals surface area contributed by atoms with Crippen LogP contribution in [0, 0.1) is 6.92 Å². The Morgan fingerprint density at radius 2 is 1.85 bits per heavy atom. The van der Waals surface area contributed by atoms with Crippen LogP contribution in [0.2, 0.25) is 5.02 Å². The summed E-state index contributed by atoms with van der Waals surface area (Å²) in [5, 5.41) is 1.38. The van der Waals surface area contributed by atoms with Gasteiger partial charge >= 0.3 is 6.03 Å². The van der Waals surface area contributed by atoms with Crippen molar-refractivity contribution in [3.8, 4) is 5.75 Å². The summed E-state index contributed by atoms with van der Waals surface area (Å²) in [6.07, 6.45) is 0.707. The minimum Gasteiger partial charge on any atom is -0.486 e. The molecule has 7 nitrogen and oxygen atoms in total. The van der Waals surface area contributed by atoms with Gasteiger partial charge in [0.15, 0.2) is 0 Å². The molecular formula is C18H21ClN4O3S. The van der Waals surface area contributed by atoms with E-state index in [1.807, 2.05) is 6.92 Å². The lowest BCUT2D eigenvalue weighted by Crippen LogP contribution is -2.39. The van der Waals surface area contributed by atoms with Crippen LogP contribution >= 0.6 is 22.9 Å². The lowest BCUT2D eigenvalue weighted by atomic mass is 10.3. The minimum absolute atomic E-state index is 0.0611. The molecule has 0 atom stereocenters. The van der Waals surface area contributed by atoms with Crippen molar-refractivity contribution in [1.82, 2.24) is 14.8 Å². The number of carbonyl (C=O) groups is 2. The van der Waals surface area contributed by atoms with E-state index in [4.69, 9.17) is 22.1 Å². The molecule has 3 rings (SSSR count). The number of amides is 3. The summed E-state index contributed by atoms with van der Waals surface area (Å²) in [4.78, 5) is 32.6. The van der Waals surface area contributed by atoms with Gasteiger partial charge in [-0.05, 0) is 37.6 Å². The zero-order valence-electron chi connectivity index (χ0n) is 15.0. The summed E-state index contributed by atoms with van der Waals surface area (Å²) < 4.78 is 5.71. The van der Waals surface area contributed by atoms with Gasteiger partial charge in [-0.3, -0.25) is 4.79 Å². The summed E-state index contributed by atoms with van der Waals surface area (Å²) in [7, 11) is 0. The maximum absolute atomic E-state index is 12.9. The van der Waals surface area contributed by atoms with E-state index < -0.39 is 6.03 Å². The Hall–Kier alpha value is -2.32. The van der Waals surface area contributed by atoms with E-state index >= 15 is 0 Å². The quantitative estimate of drug-likeness (QED) is 0.842. The monoisotopic (exact) mass is 408 g/mol. The zero-order valence-corrected chi connectivity index (χ0v) is 16.6. The van der Waals surface area contributed by atoms with E-state index in [1.54, 1.807) is 34.1 Å². The molecule has 1 aromatic carbocycles. The van der Waals surface area contributed by atoms with E-state index in [-0.39, 0.29) is 12.5 Å². The molecule has 2 aromatic rings. The number of aromatic nitrogens is 1. The summed E-state index contributed by atoms with van der Waals surface area (Å²) in [6, 6.07) is 6.65. The SMILES string of the molecule is Cc1nc(COc2ccc(Cl)cc2)sc1C(=O)N1CCCN(C(N)=O)CC1. The van der Waals surface area contributed by atoms with Gasteiger partial charge in [0.05, 0.1) is 5.69 Å². The summed E-state index contributed by atoms with van der Waals surface area (Å²) >= 11 is 7.20. The van der Waals surface area contributed by atoms with Crippen molar-refractivity contribution in [3.05, 3.63) is 44.9 Å². The number of nitrogens with zero attached hydrogens (tertiary/aromatic N) is 3. The molecule has 0 unspecified atom stereocenters. The van der Waals surface area contributed by atoms with Crippen molar-refractivity contribution >= 4 is 34.9 Å².